The molecule has 0 saturated heterocycles. The molecule has 1 N–H and O–H groups in total. The first-order valence-electron chi connectivity index (χ1n) is 3.53. The van der Waals surface area contributed by atoms with Gasteiger partial charge in [-0.3, -0.25) is 0 Å². The first kappa shape index (κ1) is 10.2. The molecule has 1 aromatic heterocycles. The van der Waals surface area contributed by atoms with Crippen LogP contribution in [0.4, 0.5) is 0 Å². The molecule has 4 heteroatoms. The van der Waals surface area contributed by atoms with E-state index in [4.69, 9.17) is 0 Å². The number of halogens is 2. The number of hydrogen-bond acceptors (Lipinski definition) is 2. The molecule has 1 unspecified atom stereocenters. The van der Waals surface area contributed by atoms with Gasteiger partial charge in [-0.1, -0.05) is 0 Å². The van der Waals surface area contributed by atoms with Crippen molar-refractivity contribution >= 4 is 31.9 Å². The average Bonchev–Trinajstić information content (AvgIpc) is 1.96. The van der Waals surface area contributed by atoms with E-state index in [-0.39, 0.29) is 0 Å². The van der Waals surface area contributed by atoms with Crippen LogP contribution in [0.3, 0.4) is 0 Å². The molecular weight excluding hydrogens is 286 g/mol. The van der Waals surface area contributed by atoms with Crippen LogP contribution in [0.5, 0.6) is 0 Å². The number of aliphatic hydroxyl groups excluding tert-OH is 1. The number of aromatic nitrogens is 1. The summed E-state index contributed by atoms with van der Waals surface area (Å²) in [5, 5.41) is 9.34. The summed E-state index contributed by atoms with van der Waals surface area (Å²) in [4.78, 5) is 4.20. The van der Waals surface area contributed by atoms with Crippen molar-refractivity contribution in [2.45, 2.75) is 20.0 Å². The molecule has 12 heavy (non-hydrogen) atoms. The van der Waals surface area contributed by atoms with E-state index in [0.717, 1.165) is 20.3 Å². The summed E-state index contributed by atoms with van der Waals surface area (Å²) in [6.07, 6.45) is -0.470. The molecule has 66 valence electrons. The number of nitrogens with zero attached hydrogens (tertiary/aromatic N) is 1. The highest BCUT2D eigenvalue weighted by molar-refractivity contribution is 9.13. The molecule has 1 atom stereocenters. The summed E-state index contributed by atoms with van der Waals surface area (Å²) in [6.45, 7) is 3.60. The van der Waals surface area contributed by atoms with Gasteiger partial charge in [0, 0.05) is 11.3 Å². The highest BCUT2D eigenvalue weighted by Crippen LogP contribution is 2.26. The van der Waals surface area contributed by atoms with E-state index >= 15 is 0 Å². The molecule has 0 aliphatic rings. The van der Waals surface area contributed by atoms with Gasteiger partial charge in [0.2, 0.25) is 0 Å². The predicted octanol–water partition coefficient (Wildman–Crippen LogP) is 2.97. The van der Waals surface area contributed by atoms with Gasteiger partial charge in [-0.25, -0.2) is 4.98 Å². The van der Waals surface area contributed by atoms with Gasteiger partial charge < -0.3 is 5.11 Å². The van der Waals surface area contributed by atoms with Gasteiger partial charge in [-0.05, 0) is 51.8 Å². The minimum atomic E-state index is -0.470. The molecular formula is C8H9Br2NO. The molecule has 1 aromatic rings. The molecule has 0 saturated carbocycles. The van der Waals surface area contributed by atoms with Gasteiger partial charge in [-0.2, -0.15) is 0 Å². The Balaban J connectivity index is 3.23. The SMILES string of the molecule is Cc1nc(Br)c(Br)cc1C(C)O. The van der Waals surface area contributed by atoms with E-state index in [1.807, 2.05) is 13.0 Å². The summed E-state index contributed by atoms with van der Waals surface area (Å²) in [5.74, 6) is 0. The van der Waals surface area contributed by atoms with Gasteiger partial charge in [0.25, 0.3) is 0 Å². The quantitative estimate of drug-likeness (QED) is 0.808. The third-order valence-electron chi connectivity index (χ3n) is 1.61. The van der Waals surface area contributed by atoms with Crippen LogP contribution in [-0.4, -0.2) is 10.1 Å². The summed E-state index contributed by atoms with van der Waals surface area (Å²) in [5.41, 5.74) is 1.70. The van der Waals surface area contributed by atoms with E-state index in [1.54, 1.807) is 6.92 Å². The maximum Gasteiger partial charge on any atom is 0.120 e. The summed E-state index contributed by atoms with van der Waals surface area (Å²) >= 11 is 6.62. The van der Waals surface area contributed by atoms with E-state index < -0.39 is 6.10 Å². The molecule has 0 aliphatic heterocycles. The minimum Gasteiger partial charge on any atom is -0.389 e. The summed E-state index contributed by atoms with van der Waals surface area (Å²) in [7, 11) is 0. The second-order valence-electron chi connectivity index (χ2n) is 2.61. The smallest absolute Gasteiger partial charge is 0.120 e. The Morgan fingerprint density at radius 2 is 2.08 bits per heavy atom. The number of aliphatic hydroxyl groups is 1. The highest BCUT2D eigenvalue weighted by atomic mass is 79.9. The van der Waals surface area contributed by atoms with Crippen LogP contribution in [-0.2, 0) is 0 Å². The Morgan fingerprint density at radius 3 is 2.58 bits per heavy atom. The number of hydrogen-bond donors (Lipinski definition) is 1. The zero-order chi connectivity index (χ0) is 9.30. The second kappa shape index (κ2) is 3.85. The fourth-order valence-electron chi connectivity index (χ4n) is 0.989. The first-order valence-corrected chi connectivity index (χ1v) is 5.11. The third kappa shape index (κ3) is 2.06. The number of pyridine rings is 1. The molecule has 0 radical (unpaired) electrons. The van der Waals surface area contributed by atoms with Crippen LogP contribution in [0.25, 0.3) is 0 Å². The zero-order valence-corrected chi connectivity index (χ0v) is 9.98. The molecule has 0 bridgehead atoms. The minimum absolute atomic E-state index is 0.470. The lowest BCUT2D eigenvalue weighted by Gasteiger charge is -2.09. The summed E-state index contributed by atoms with van der Waals surface area (Å²) in [6, 6.07) is 1.87. The van der Waals surface area contributed by atoms with Crippen molar-refractivity contribution in [2.75, 3.05) is 0 Å². The topological polar surface area (TPSA) is 33.1 Å². The monoisotopic (exact) mass is 293 g/mol. The van der Waals surface area contributed by atoms with Crippen LogP contribution >= 0.6 is 31.9 Å². The molecule has 0 aliphatic carbocycles. The highest BCUT2D eigenvalue weighted by Gasteiger charge is 2.08. The molecule has 0 aromatic carbocycles. The molecule has 0 spiro atoms. The second-order valence-corrected chi connectivity index (χ2v) is 4.22. The Kier molecular flexibility index (Phi) is 3.26. The Hall–Kier alpha value is 0.0700. The van der Waals surface area contributed by atoms with E-state index in [2.05, 4.69) is 36.8 Å². The Labute approximate surface area is 88.3 Å². The zero-order valence-electron chi connectivity index (χ0n) is 6.81. The van der Waals surface area contributed by atoms with Crippen molar-refractivity contribution < 1.29 is 5.11 Å². The van der Waals surface area contributed by atoms with Crippen LogP contribution in [0.2, 0.25) is 0 Å². The lowest BCUT2D eigenvalue weighted by Crippen LogP contribution is -1.98. The van der Waals surface area contributed by atoms with Crippen LogP contribution in [0.1, 0.15) is 24.3 Å². The van der Waals surface area contributed by atoms with Gasteiger partial charge >= 0.3 is 0 Å². The van der Waals surface area contributed by atoms with Crippen molar-refractivity contribution in [3.05, 3.63) is 26.4 Å². The van der Waals surface area contributed by atoms with E-state index in [0.29, 0.717) is 0 Å². The van der Waals surface area contributed by atoms with Crippen molar-refractivity contribution in [3.63, 3.8) is 0 Å². The number of aryl methyl sites for hydroxylation is 1. The molecule has 2 nitrogen and oxygen atoms in total. The average molecular weight is 295 g/mol. The van der Waals surface area contributed by atoms with Gasteiger partial charge in [0.1, 0.15) is 4.60 Å². The first-order chi connectivity index (χ1) is 5.52. The normalized spacial score (nSPS) is 13.1. The largest absolute Gasteiger partial charge is 0.389 e. The molecule has 1 rings (SSSR count). The van der Waals surface area contributed by atoms with Gasteiger partial charge in [0.05, 0.1) is 10.6 Å². The fourth-order valence-corrected chi connectivity index (χ4v) is 1.70. The standard InChI is InChI=1S/C8H9Br2NO/c1-4-6(5(2)12)3-7(9)8(10)11-4/h3,5,12H,1-2H3. The predicted molar refractivity (Wildman–Crippen MR) is 55.0 cm³/mol. The van der Waals surface area contributed by atoms with Crippen molar-refractivity contribution in [1.29, 1.82) is 0 Å². The van der Waals surface area contributed by atoms with Gasteiger partial charge in [-0.15, -0.1) is 0 Å². The van der Waals surface area contributed by atoms with Gasteiger partial charge in [0.15, 0.2) is 0 Å². The molecule has 1 heterocycles. The Bertz CT molecular complexity index is 299. The van der Waals surface area contributed by atoms with Crippen LogP contribution in [0.15, 0.2) is 15.1 Å². The van der Waals surface area contributed by atoms with E-state index in [9.17, 15) is 5.11 Å². The van der Waals surface area contributed by atoms with Crippen molar-refractivity contribution in [3.8, 4) is 0 Å². The summed E-state index contributed by atoms with van der Waals surface area (Å²) < 4.78 is 1.63. The molecule has 0 fully saturated rings. The number of rotatable bonds is 1. The fraction of sp³-hybridized carbons (Fsp3) is 0.375. The lowest BCUT2D eigenvalue weighted by molar-refractivity contribution is 0.198. The van der Waals surface area contributed by atoms with Crippen LogP contribution < -0.4 is 0 Å². The van der Waals surface area contributed by atoms with E-state index in [1.165, 1.54) is 0 Å². The maximum atomic E-state index is 9.34. The Morgan fingerprint density at radius 1 is 1.50 bits per heavy atom. The maximum absolute atomic E-state index is 9.34. The third-order valence-corrected chi connectivity index (χ3v) is 3.35. The van der Waals surface area contributed by atoms with Crippen molar-refractivity contribution in [1.82, 2.24) is 4.98 Å². The molecule has 0 amide bonds. The van der Waals surface area contributed by atoms with Crippen molar-refractivity contribution in [2.24, 2.45) is 0 Å². The lowest BCUT2D eigenvalue weighted by atomic mass is 10.1. The van der Waals surface area contributed by atoms with Crippen LogP contribution in [0, 0.1) is 6.92 Å².